The van der Waals surface area contributed by atoms with E-state index >= 15 is 0 Å². The molecule has 1 aliphatic rings. The van der Waals surface area contributed by atoms with Crippen LogP contribution < -0.4 is 14.8 Å². The van der Waals surface area contributed by atoms with E-state index in [-0.39, 0.29) is 5.91 Å². The van der Waals surface area contributed by atoms with Crippen molar-refractivity contribution < 1.29 is 14.3 Å². The van der Waals surface area contributed by atoms with Gasteiger partial charge < -0.3 is 19.4 Å². The fraction of sp³-hybridized carbons (Fsp3) is 0.423. The van der Waals surface area contributed by atoms with E-state index in [2.05, 4.69) is 58.2 Å². The number of rotatable bonds is 4. The van der Waals surface area contributed by atoms with Crippen LogP contribution >= 0.6 is 0 Å². The van der Waals surface area contributed by atoms with Crippen LogP contribution in [0.15, 0.2) is 48.5 Å². The summed E-state index contributed by atoms with van der Waals surface area (Å²) in [7, 11) is 2.09. The van der Waals surface area contributed by atoms with Crippen molar-refractivity contribution in [2.75, 3.05) is 26.3 Å². The van der Waals surface area contributed by atoms with Gasteiger partial charge in [0.05, 0.1) is 19.8 Å². The van der Waals surface area contributed by atoms with Crippen molar-refractivity contribution in [3.8, 4) is 11.5 Å². The summed E-state index contributed by atoms with van der Waals surface area (Å²) >= 11 is 0. The van der Waals surface area contributed by atoms with E-state index in [1.54, 1.807) is 0 Å². The van der Waals surface area contributed by atoms with E-state index in [0.29, 0.717) is 39.4 Å². The summed E-state index contributed by atoms with van der Waals surface area (Å²) in [6, 6.07) is 16.6. The number of carbonyl (C=O) groups excluding carboxylic acids is 1. The largest absolute Gasteiger partial charge is 0.490 e. The Balaban J connectivity index is 1.66. The maximum atomic E-state index is 12.7. The Labute approximate surface area is 190 Å². The minimum Gasteiger partial charge on any atom is -0.490 e. The number of hydrogen-bond donors (Lipinski definition) is 1. The normalized spacial score (nSPS) is 16.2. The zero-order valence-electron chi connectivity index (χ0n) is 19.1. The average Bonchev–Trinajstić information content (AvgIpc) is 3.10. The first kappa shape index (κ1) is 22.2. The Morgan fingerprint density at radius 2 is 1.94 bits per heavy atom. The Bertz CT molecular complexity index is 1060. The molecule has 2 aromatic carbocycles. The van der Waals surface area contributed by atoms with Crippen molar-refractivity contribution in [3.63, 3.8) is 0 Å². The Kier molecular flexibility index (Phi) is 7.32. The first-order chi connectivity index (χ1) is 15.7. The predicted molar refractivity (Wildman–Crippen MR) is 127 cm³/mol. The van der Waals surface area contributed by atoms with Crippen LogP contribution in [0.25, 0.3) is 10.9 Å². The second kappa shape index (κ2) is 10.6. The molecule has 3 aromatic rings. The number of benzene rings is 2. The predicted octanol–water partition coefficient (Wildman–Crippen LogP) is 4.26. The molecule has 170 valence electrons. The molecule has 1 aromatic heterocycles. The van der Waals surface area contributed by atoms with Gasteiger partial charge in [0.15, 0.2) is 11.5 Å². The van der Waals surface area contributed by atoms with E-state index in [9.17, 15) is 4.79 Å². The first-order valence-corrected chi connectivity index (χ1v) is 11.6. The number of nitrogens with zero attached hydrogens (tertiary/aromatic N) is 2. The molecule has 32 heavy (non-hydrogen) atoms. The van der Waals surface area contributed by atoms with E-state index in [1.165, 1.54) is 16.6 Å². The third kappa shape index (κ3) is 5.25. The highest BCUT2D eigenvalue weighted by Crippen LogP contribution is 2.33. The lowest BCUT2D eigenvalue weighted by Crippen LogP contribution is -2.37. The summed E-state index contributed by atoms with van der Waals surface area (Å²) in [6.07, 6.45) is 2.93. The van der Waals surface area contributed by atoms with E-state index in [1.807, 2.05) is 19.1 Å². The van der Waals surface area contributed by atoms with Gasteiger partial charge >= 0.3 is 0 Å². The quantitative estimate of drug-likeness (QED) is 0.665. The summed E-state index contributed by atoms with van der Waals surface area (Å²) in [5.74, 6) is 1.64. The lowest BCUT2D eigenvalue weighted by molar-refractivity contribution is -0.122. The molecule has 1 N–H and O–H groups in total. The summed E-state index contributed by atoms with van der Waals surface area (Å²) in [6.45, 7) is 5.52. The standard InChI is InChI=1S/C26H33N3O3/c1-3-31-24-13-9-11-21-17-29(18-22-16-20-10-5-6-12-23(20)28(22)2)19-25(30)27-14-7-4-8-15-32-26(21)24/h5-6,9-13,16H,3-4,7-8,14-15,17-19H2,1-2H3,(H,27,30). The molecule has 4 rings (SSSR count). The van der Waals surface area contributed by atoms with Gasteiger partial charge in [0.1, 0.15) is 0 Å². The molecule has 0 radical (unpaired) electrons. The van der Waals surface area contributed by atoms with Crippen molar-refractivity contribution in [1.29, 1.82) is 0 Å². The monoisotopic (exact) mass is 435 g/mol. The smallest absolute Gasteiger partial charge is 0.234 e. The molecule has 1 aliphatic heterocycles. The van der Waals surface area contributed by atoms with Crippen molar-refractivity contribution >= 4 is 16.8 Å². The lowest BCUT2D eigenvalue weighted by atomic mass is 10.1. The fourth-order valence-electron chi connectivity index (χ4n) is 4.32. The highest BCUT2D eigenvalue weighted by atomic mass is 16.5. The zero-order valence-corrected chi connectivity index (χ0v) is 19.1. The molecule has 0 saturated heterocycles. The average molecular weight is 436 g/mol. The molecule has 1 amide bonds. The van der Waals surface area contributed by atoms with Gasteiger partial charge in [-0.3, -0.25) is 9.69 Å². The van der Waals surface area contributed by atoms with Gasteiger partial charge in [0.25, 0.3) is 0 Å². The number of para-hydroxylation sites is 2. The SMILES string of the molecule is CCOc1cccc2c1OCCCCCNC(=O)CN(Cc1cc3ccccc3n1C)C2. The molecule has 2 heterocycles. The van der Waals surface area contributed by atoms with E-state index in [4.69, 9.17) is 9.47 Å². The van der Waals surface area contributed by atoms with Crippen molar-refractivity contribution in [3.05, 3.63) is 59.8 Å². The van der Waals surface area contributed by atoms with Crippen LogP contribution in [-0.4, -0.2) is 41.7 Å². The summed E-state index contributed by atoms with van der Waals surface area (Å²) in [5, 5.41) is 4.29. The lowest BCUT2D eigenvalue weighted by Gasteiger charge is -2.24. The number of carbonyl (C=O) groups is 1. The molecule has 0 spiro atoms. The first-order valence-electron chi connectivity index (χ1n) is 11.6. The van der Waals surface area contributed by atoms with Gasteiger partial charge in [-0.1, -0.05) is 30.3 Å². The van der Waals surface area contributed by atoms with Crippen molar-refractivity contribution in [2.24, 2.45) is 7.05 Å². The molecule has 0 atom stereocenters. The van der Waals surface area contributed by atoms with Gasteiger partial charge in [-0.25, -0.2) is 0 Å². The Morgan fingerprint density at radius 1 is 1.06 bits per heavy atom. The molecule has 0 saturated carbocycles. The maximum Gasteiger partial charge on any atom is 0.234 e. The van der Waals surface area contributed by atoms with E-state index < -0.39 is 0 Å². The van der Waals surface area contributed by atoms with Gasteiger partial charge in [-0.2, -0.15) is 0 Å². The minimum atomic E-state index is 0.0615. The summed E-state index contributed by atoms with van der Waals surface area (Å²) < 4.78 is 14.3. The van der Waals surface area contributed by atoms with Gasteiger partial charge in [0, 0.05) is 43.5 Å². The van der Waals surface area contributed by atoms with Crippen LogP contribution in [0.1, 0.15) is 37.4 Å². The van der Waals surface area contributed by atoms with Crippen molar-refractivity contribution in [2.45, 2.75) is 39.3 Å². The topological polar surface area (TPSA) is 55.7 Å². The highest BCUT2D eigenvalue weighted by molar-refractivity contribution is 5.81. The maximum absolute atomic E-state index is 12.7. The summed E-state index contributed by atoms with van der Waals surface area (Å²) in [4.78, 5) is 14.9. The van der Waals surface area contributed by atoms with Crippen LogP contribution in [0.3, 0.4) is 0 Å². The number of aromatic nitrogens is 1. The molecule has 0 bridgehead atoms. The molecular formula is C26H33N3O3. The minimum absolute atomic E-state index is 0.0615. The highest BCUT2D eigenvalue weighted by Gasteiger charge is 2.19. The van der Waals surface area contributed by atoms with Crippen LogP contribution in [0.5, 0.6) is 11.5 Å². The number of nitrogens with one attached hydrogen (secondary N) is 1. The van der Waals surface area contributed by atoms with Crippen LogP contribution in [0.4, 0.5) is 0 Å². The number of amides is 1. The second-order valence-electron chi connectivity index (χ2n) is 8.34. The third-order valence-corrected chi connectivity index (χ3v) is 5.95. The van der Waals surface area contributed by atoms with Crippen LogP contribution in [0.2, 0.25) is 0 Å². The van der Waals surface area contributed by atoms with Gasteiger partial charge in [-0.15, -0.1) is 0 Å². The second-order valence-corrected chi connectivity index (χ2v) is 8.34. The van der Waals surface area contributed by atoms with Crippen LogP contribution in [-0.2, 0) is 24.9 Å². The molecule has 6 heteroatoms. The number of fused-ring (bicyclic) bond motifs is 2. The molecule has 0 unspecified atom stereocenters. The zero-order chi connectivity index (χ0) is 22.3. The third-order valence-electron chi connectivity index (χ3n) is 5.95. The molecule has 0 aliphatic carbocycles. The number of aryl methyl sites for hydroxylation is 1. The van der Waals surface area contributed by atoms with Crippen LogP contribution in [0, 0.1) is 0 Å². The molecule has 0 fully saturated rings. The van der Waals surface area contributed by atoms with E-state index in [0.717, 1.165) is 36.3 Å². The van der Waals surface area contributed by atoms with Crippen molar-refractivity contribution in [1.82, 2.24) is 14.8 Å². The molecular weight excluding hydrogens is 402 g/mol. The number of ether oxygens (including phenoxy) is 2. The molecule has 6 nitrogen and oxygen atoms in total. The Morgan fingerprint density at radius 3 is 2.78 bits per heavy atom. The Hall–Kier alpha value is -2.99. The van der Waals surface area contributed by atoms with Gasteiger partial charge in [0.2, 0.25) is 5.91 Å². The fourth-order valence-corrected chi connectivity index (χ4v) is 4.32. The van der Waals surface area contributed by atoms with Gasteiger partial charge in [-0.05, 0) is 49.8 Å². The number of hydrogen-bond acceptors (Lipinski definition) is 4. The summed E-state index contributed by atoms with van der Waals surface area (Å²) in [5.41, 5.74) is 3.41.